The van der Waals surface area contributed by atoms with Gasteiger partial charge in [-0.15, -0.1) is 23.1 Å². The minimum atomic E-state index is 0.252. The third kappa shape index (κ3) is 3.98. The molecule has 4 heteroatoms. The third-order valence-electron chi connectivity index (χ3n) is 2.23. The second-order valence-electron chi connectivity index (χ2n) is 3.52. The van der Waals surface area contributed by atoms with Crippen molar-refractivity contribution in [2.45, 2.75) is 17.9 Å². The van der Waals surface area contributed by atoms with E-state index in [2.05, 4.69) is 4.98 Å². The van der Waals surface area contributed by atoms with Crippen LogP contribution < -0.4 is 0 Å². The Hall–Kier alpha value is -1.13. The van der Waals surface area contributed by atoms with Gasteiger partial charge in [0.1, 0.15) is 0 Å². The number of carbonyl (C=O) groups is 1. The quantitative estimate of drug-likeness (QED) is 0.450. The van der Waals surface area contributed by atoms with E-state index in [1.807, 2.05) is 35.7 Å². The van der Waals surface area contributed by atoms with Crippen LogP contribution in [0.25, 0.3) is 0 Å². The summed E-state index contributed by atoms with van der Waals surface area (Å²) in [7, 11) is 0. The third-order valence-corrected chi connectivity index (χ3v) is 4.17. The Bertz CT molecular complexity index is 454. The maximum Gasteiger partial charge on any atom is 0.172 e. The molecule has 0 spiro atoms. The van der Waals surface area contributed by atoms with Crippen molar-refractivity contribution in [2.24, 2.45) is 0 Å². The van der Waals surface area contributed by atoms with Gasteiger partial charge in [-0.3, -0.25) is 4.79 Å². The monoisotopic (exact) mass is 263 g/mol. The van der Waals surface area contributed by atoms with Gasteiger partial charge in [-0.25, -0.2) is 4.98 Å². The number of nitrogens with zero attached hydrogens (tertiary/aromatic N) is 1. The Labute approximate surface area is 109 Å². The first kappa shape index (κ1) is 12.3. The zero-order chi connectivity index (χ0) is 11.9. The Balaban J connectivity index is 1.69. The molecule has 17 heavy (non-hydrogen) atoms. The standard InChI is InChI=1S/C13H13NOS2/c15-11(12-6-4-9-16-12)5-3-10-17-13-7-1-2-8-14-13/h1-2,4,6-9H,3,5,10H2. The van der Waals surface area contributed by atoms with Gasteiger partial charge >= 0.3 is 0 Å². The summed E-state index contributed by atoms with van der Waals surface area (Å²) in [5.74, 6) is 1.19. The van der Waals surface area contributed by atoms with Gasteiger partial charge in [0.2, 0.25) is 0 Å². The number of aromatic nitrogens is 1. The molecule has 0 unspecified atom stereocenters. The van der Waals surface area contributed by atoms with E-state index in [1.165, 1.54) is 11.3 Å². The van der Waals surface area contributed by atoms with E-state index >= 15 is 0 Å². The fraction of sp³-hybridized carbons (Fsp3) is 0.231. The number of rotatable bonds is 6. The molecule has 0 radical (unpaired) electrons. The summed E-state index contributed by atoms with van der Waals surface area (Å²) in [5, 5.41) is 2.96. The van der Waals surface area contributed by atoms with Crippen LogP contribution in [0.2, 0.25) is 0 Å². The predicted octanol–water partition coefficient (Wildman–Crippen LogP) is 3.90. The minimum absolute atomic E-state index is 0.252. The van der Waals surface area contributed by atoms with E-state index in [9.17, 15) is 4.79 Å². The lowest BCUT2D eigenvalue weighted by atomic mass is 10.2. The molecule has 2 aromatic heterocycles. The van der Waals surface area contributed by atoms with E-state index in [0.29, 0.717) is 6.42 Å². The predicted molar refractivity (Wildman–Crippen MR) is 72.8 cm³/mol. The van der Waals surface area contributed by atoms with E-state index in [4.69, 9.17) is 0 Å². The molecular formula is C13H13NOS2. The van der Waals surface area contributed by atoms with Crippen LogP contribution >= 0.6 is 23.1 Å². The molecule has 0 aliphatic carbocycles. The largest absolute Gasteiger partial charge is 0.293 e. The van der Waals surface area contributed by atoms with E-state index in [-0.39, 0.29) is 5.78 Å². The number of hydrogen-bond donors (Lipinski definition) is 0. The molecular weight excluding hydrogens is 250 g/mol. The number of thioether (sulfide) groups is 1. The first-order chi connectivity index (χ1) is 8.36. The second-order valence-corrected chi connectivity index (χ2v) is 5.58. The Morgan fingerprint density at radius 3 is 2.94 bits per heavy atom. The van der Waals surface area contributed by atoms with Crippen LogP contribution in [0, 0.1) is 0 Å². The summed E-state index contributed by atoms with van der Waals surface area (Å²) >= 11 is 3.22. The molecule has 0 aliphatic rings. The van der Waals surface area contributed by atoms with Crippen molar-refractivity contribution in [3.05, 3.63) is 46.8 Å². The summed E-state index contributed by atoms with van der Waals surface area (Å²) in [6.45, 7) is 0. The average molecular weight is 263 g/mol. The van der Waals surface area contributed by atoms with Crippen LogP contribution in [0.1, 0.15) is 22.5 Å². The fourth-order valence-electron chi connectivity index (χ4n) is 1.40. The number of pyridine rings is 1. The van der Waals surface area contributed by atoms with Crippen LogP contribution in [0.5, 0.6) is 0 Å². The fourth-order valence-corrected chi connectivity index (χ4v) is 2.90. The maximum atomic E-state index is 11.7. The first-order valence-electron chi connectivity index (χ1n) is 5.47. The zero-order valence-corrected chi connectivity index (χ0v) is 11.0. The molecule has 88 valence electrons. The average Bonchev–Trinajstić information content (AvgIpc) is 2.89. The SMILES string of the molecule is O=C(CCCSc1ccccn1)c1cccs1. The van der Waals surface area contributed by atoms with Crippen molar-refractivity contribution in [3.8, 4) is 0 Å². The number of thiophene rings is 1. The lowest BCUT2D eigenvalue weighted by Gasteiger charge is -1.99. The molecule has 2 nitrogen and oxygen atoms in total. The molecule has 0 aliphatic heterocycles. The van der Waals surface area contributed by atoms with E-state index < -0.39 is 0 Å². The van der Waals surface area contributed by atoms with Gasteiger partial charge in [0.25, 0.3) is 0 Å². The van der Waals surface area contributed by atoms with Gasteiger partial charge in [-0.2, -0.15) is 0 Å². The van der Waals surface area contributed by atoms with Gasteiger partial charge in [0.05, 0.1) is 9.90 Å². The van der Waals surface area contributed by atoms with Gasteiger partial charge in [0.15, 0.2) is 5.78 Å². The molecule has 0 aromatic carbocycles. The molecule has 2 aromatic rings. The summed E-state index contributed by atoms with van der Waals surface area (Å²) in [6, 6.07) is 9.68. The number of Topliss-reactive ketones (excluding diaryl/α,β-unsaturated/α-hetero) is 1. The zero-order valence-electron chi connectivity index (χ0n) is 9.33. The van der Waals surface area contributed by atoms with Gasteiger partial charge < -0.3 is 0 Å². The summed E-state index contributed by atoms with van der Waals surface area (Å²) in [5.41, 5.74) is 0. The molecule has 0 N–H and O–H groups in total. The summed E-state index contributed by atoms with van der Waals surface area (Å²) < 4.78 is 0. The van der Waals surface area contributed by atoms with Crippen LogP contribution in [0.3, 0.4) is 0 Å². The number of carbonyl (C=O) groups excluding carboxylic acids is 1. The van der Waals surface area contributed by atoms with Crippen molar-refractivity contribution < 1.29 is 4.79 Å². The lowest BCUT2D eigenvalue weighted by molar-refractivity contribution is 0.0986. The lowest BCUT2D eigenvalue weighted by Crippen LogP contribution is -1.96. The van der Waals surface area contributed by atoms with Crippen molar-refractivity contribution in [1.82, 2.24) is 4.98 Å². The highest BCUT2D eigenvalue weighted by atomic mass is 32.2. The van der Waals surface area contributed by atoms with Crippen molar-refractivity contribution in [3.63, 3.8) is 0 Å². The molecule has 0 bridgehead atoms. The normalized spacial score (nSPS) is 10.4. The Morgan fingerprint density at radius 2 is 2.24 bits per heavy atom. The summed E-state index contributed by atoms with van der Waals surface area (Å²) in [4.78, 5) is 16.8. The molecule has 0 fully saturated rings. The van der Waals surface area contributed by atoms with Gasteiger partial charge in [-0.05, 0) is 35.8 Å². The number of hydrogen-bond acceptors (Lipinski definition) is 4. The van der Waals surface area contributed by atoms with Crippen molar-refractivity contribution >= 4 is 28.9 Å². The van der Waals surface area contributed by atoms with Crippen LogP contribution in [0.15, 0.2) is 46.9 Å². The van der Waals surface area contributed by atoms with Crippen LogP contribution in [-0.4, -0.2) is 16.5 Å². The molecule has 0 saturated carbocycles. The van der Waals surface area contributed by atoms with Crippen molar-refractivity contribution in [2.75, 3.05) is 5.75 Å². The highest BCUT2D eigenvalue weighted by molar-refractivity contribution is 7.99. The maximum absolute atomic E-state index is 11.7. The molecule has 2 rings (SSSR count). The van der Waals surface area contributed by atoms with Crippen LogP contribution in [-0.2, 0) is 0 Å². The molecule has 0 saturated heterocycles. The molecule has 0 amide bonds. The highest BCUT2D eigenvalue weighted by Crippen LogP contribution is 2.17. The Kier molecular flexibility index (Phi) is 4.76. The molecule has 2 heterocycles. The van der Waals surface area contributed by atoms with E-state index in [0.717, 1.165) is 22.1 Å². The second kappa shape index (κ2) is 6.57. The van der Waals surface area contributed by atoms with Crippen LogP contribution in [0.4, 0.5) is 0 Å². The first-order valence-corrected chi connectivity index (χ1v) is 7.33. The Morgan fingerprint density at radius 1 is 1.29 bits per heavy atom. The summed E-state index contributed by atoms with van der Waals surface area (Å²) in [6.07, 6.45) is 3.32. The topological polar surface area (TPSA) is 30.0 Å². The molecule has 0 atom stereocenters. The van der Waals surface area contributed by atoms with E-state index in [1.54, 1.807) is 18.0 Å². The van der Waals surface area contributed by atoms with Crippen molar-refractivity contribution in [1.29, 1.82) is 0 Å². The smallest absolute Gasteiger partial charge is 0.172 e. The highest BCUT2D eigenvalue weighted by Gasteiger charge is 2.06. The minimum Gasteiger partial charge on any atom is -0.293 e. The van der Waals surface area contributed by atoms with Gasteiger partial charge in [-0.1, -0.05) is 12.1 Å². The van der Waals surface area contributed by atoms with Gasteiger partial charge in [0, 0.05) is 12.6 Å². The number of ketones is 1.